The second kappa shape index (κ2) is 5.93. The minimum Gasteiger partial charge on any atom is -0.487 e. The summed E-state index contributed by atoms with van der Waals surface area (Å²) in [6.45, 7) is 5.59. The summed E-state index contributed by atoms with van der Waals surface area (Å²) < 4.78 is 19.7. The lowest BCUT2D eigenvalue weighted by atomic mass is 9.82. The zero-order chi connectivity index (χ0) is 14.9. The number of hydrogen-bond donors (Lipinski definition) is 1. The fraction of sp³-hybridized carbons (Fsp3) is 0.647. The minimum absolute atomic E-state index is 0.123. The zero-order valence-corrected chi connectivity index (χ0v) is 12.8. The summed E-state index contributed by atoms with van der Waals surface area (Å²) in [6.07, 6.45) is 5.18. The summed E-state index contributed by atoms with van der Waals surface area (Å²) in [7, 11) is 0. The molecule has 0 aromatic heterocycles. The van der Waals surface area contributed by atoms with Crippen molar-refractivity contribution < 1.29 is 9.13 Å². The second-order valence-corrected chi connectivity index (χ2v) is 6.47. The van der Waals surface area contributed by atoms with E-state index in [-0.39, 0.29) is 17.5 Å². The molecule has 2 atom stereocenters. The third kappa shape index (κ3) is 3.06. The molecule has 2 N–H and O–H groups in total. The fourth-order valence-electron chi connectivity index (χ4n) is 3.76. The first-order chi connectivity index (χ1) is 10.1. The Bertz CT molecular complexity index is 508. The third-order valence-corrected chi connectivity index (χ3v) is 4.82. The molecule has 3 rings (SSSR count). The highest BCUT2D eigenvalue weighted by Gasteiger charge is 2.40. The van der Waals surface area contributed by atoms with Gasteiger partial charge in [0.15, 0.2) is 0 Å². The summed E-state index contributed by atoms with van der Waals surface area (Å²) in [4.78, 5) is 2.52. The molecule has 4 heteroatoms. The van der Waals surface area contributed by atoms with Crippen LogP contribution in [0, 0.1) is 5.82 Å². The number of hydrogen-bond acceptors (Lipinski definition) is 3. The predicted molar refractivity (Wildman–Crippen MR) is 81.9 cm³/mol. The van der Waals surface area contributed by atoms with Crippen molar-refractivity contribution >= 4 is 0 Å². The van der Waals surface area contributed by atoms with Gasteiger partial charge in [0, 0.05) is 24.6 Å². The molecule has 1 fully saturated rings. The lowest BCUT2D eigenvalue weighted by Gasteiger charge is -2.41. The molecule has 2 heterocycles. The van der Waals surface area contributed by atoms with Gasteiger partial charge in [0.2, 0.25) is 0 Å². The van der Waals surface area contributed by atoms with E-state index in [2.05, 4.69) is 11.8 Å². The van der Waals surface area contributed by atoms with Crippen LogP contribution in [-0.2, 0) is 0 Å². The summed E-state index contributed by atoms with van der Waals surface area (Å²) in [5.41, 5.74) is 6.96. The molecule has 1 aromatic rings. The molecular formula is C17H25FN2O. The van der Waals surface area contributed by atoms with Crippen molar-refractivity contribution in [3.8, 4) is 5.75 Å². The number of halogens is 1. The van der Waals surface area contributed by atoms with Crippen LogP contribution in [0.25, 0.3) is 0 Å². The highest BCUT2D eigenvalue weighted by molar-refractivity contribution is 5.39. The van der Waals surface area contributed by atoms with E-state index in [1.807, 2.05) is 0 Å². The standard InChI is InChI=1S/C17H25FN2O/c1-2-8-20-9-3-6-17(7-10-20)12-15(19)14-11-13(18)4-5-16(14)21-17/h4-5,11,15H,2-3,6-10,12,19H2,1H3/t15-,17?/m1/s1. The summed E-state index contributed by atoms with van der Waals surface area (Å²) >= 11 is 0. The van der Waals surface area contributed by atoms with Crippen LogP contribution in [0.2, 0.25) is 0 Å². The van der Waals surface area contributed by atoms with Gasteiger partial charge < -0.3 is 15.4 Å². The number of likely N-dealkylation sites (tertiary alicyclic amines) is 1. The maximum Gasteiger partial charge on any atom is 0.125 e. The molecular weight excluding hydrogens is 267 g/mol. The van der Waals surface area contributed by atoms with Crippen LogP contribution in [0.15, 0.2) is 18.2 Å². The number of benzene rings is 1. The van der Waals surface area contributed by atoms with Gasteiger partial charge in [-0.1, -0.05) is 6.92 Å². The SMILES string of the molecule is CCCN1CCCC2(CC1)C[C@@H](N)c1cc(F)ccc1O2. The van der Waals surface area contributed by atoms with Crippen molar-refractivity contribution in [3.63, 3.8) is 0 Å². The quantitative estimate of drug-likeness (QED) is 0.909. The van der Waals surface area contributed by atoms with Crippen LogP contribution in [0.4, 0.5) is 4.39 Å². The molecule has 1 saturated heterocycles. The highest BCUT2D eigenvalue weighted by Crippen LogP contribution is 2.43. The summed E-state index contributed by atoms with van der Waals surface area (Å²) in [6, 6.07) is 4.60. The van der Waals surface area contributed by atoms with E-state index >= 15 is 0 Å². The van der Waals surface area contributed by atoms with Crippen molar-refractivity contribution in [1.82, 2.24) is 4.90 Å². The van der Waals surface area contributed by atoms with Crippen LogP contribution in [0.5, 0.6) is 5.75 Å². The maximum absolute atomic E-state index is 13.4. The van der Waals surface area contributed by atoms with Crippen LogP contribution in [0.3, 0.4) is 0 Å². The Hall–Kier alpha value is -1.13. The van der Waals surface area contributed by atoms with Gasteiger partial charge in [0.05, 0.1) is 0 Å². The number of ether oxygens (including phenoxy) is 1. The van der Waals surface area contributed by atoms with Gasteiger partial charge in [0.1, 0.15) is 17.2 Å². The summed E-state index contributed by atoms with van der Waals surface area (Å²) in [5, 5.41) is 0. The largest absolute Gasteiger partial charge is 0.487 e. The Morgan fingerprint density at radius 2 is 2.24 bits per heavy atom. The van der Waals surface area contributed by atoms with Gasteiger partial charge in [0.25, 0.3) is 0 Å². The van der Waals surface area contributed by atoms with Crippen LogP contribution in [-0.4, -0.2) is 30.1 Å². The highest BCUT2D eigenvalue weighted by atomic mass is 19.1. The lowest BCUT2D eigenvalue weighted by Crippen LogP contribution is -2.43. The van der Waals surface area contributed by atoms with E-state index in [0.29, 0.717) is 0 Å². The Morgan fingerprint density at radius 1 is 1.38 bits per heavy atom. The van der Waals surface area contributed by atoms with E-state index in [1.165, 1.54) is 18.6 Å². The first-order valence-corrected chi connectivity index (χ1v) is 8.08. The first kappa shape index (κ1) is 14.8. The molecule has 0 bridgehead atoms. The van der Waals surface area contributed by atoms with Crippen molar-refractivity contribution in [3.05, 3.63) is 29.6 Å². The van der Waals surface area contributed by atoms with E-state index in [1.54, 1.807) is 6.07 Å². The van der Waals surface area contributed by atoms with Crippen molar-refractivity contribution in [2.24, 2.45) is 5.73 Å². The molecule has 2 aliphatic heterocycles. The molecule has 0 amide bonds. The molecule has 1 unspecified atom stereocenters. The minimum atomic E-state index is -0.237. The lowest BCUT2D eigenvalue weighted by molar-refractivity contribution is 0.0216. The number of nitrogens with zero attached hydrogens (tertiary/aromatic N) is 1. The van der Waals surface area contributed by atoms with Crippen molar-refractivity contribution in [1.29, 1.82) is 0 Å². The van der Waals surface area contributed by atoms with E-state index in [9.17, 15) is 4.39 Å². The van der Waals surface area contributed by atoms with Gasteiger partial charge in [-0.2, -0.15) is 0 Å². The smallest absolute Gasteiger partial charge is 0.125 e. The molecule has 0 saturated carbocycles. The molecule has 21 heavy (non-hydrogen) atoms. The fourth-order valence-corrected chi connectivity index (χ4v) is 3.76. The second-order valence-electron chi connectivity index (χ2n) is 6.47. The molecule has 2 aliphatic rings. The Morgan fingerprint density at radius 3 is 3.05 bits per heavy atom. The Balaban J connectivity index is 1.79. The Labute approximate surface area is 126 Å². The molecule has 3 nitrogen and oxygen atoms in total. The molecule has 1 spiro atoms. The zero-order valence-electron chi connectivity index (χ0n) is 12.8. The van der Waals surface area contributed by atoms with Gasteiger partial charge in [-0.3, -0.25) is 0 Å². The molecule has 0 aliphatic carbocycles. The topological polar surface area (TPSA) is 38.5 Å². The monoisotopic (exact) mass is 292 g/mol. The number of nitrogens with two attached hydrogens (primary N) is 1. The van der Waals surface area contributed by atoms with Gasteiger partial charge in [-0.05, 0) is 57.0 Å². The first-order valence-electron chi connectivity index (χ1n) is 8.08. The van der Waals surface area contributed by atoms with Gasteiger partial charge in [-0.25, -0.2) is 4.39 Å². The summed E-state index contributed by atoms with van der Waals surface area (Å²) in [5.74, 6) is 0.540. The predicted octanol–water partition coefficient (Wildman–Crippen LogP) is 3.24. The van der Waals surface area contributed by atoms with E-state index in [0.717, 1.165) is 56.6 Å². The van der Waals surface area contributed by atoms with Gasteiger partial charge >= 0.3 is 0 Å². The maximum atomic E-state index is 13.4. The number of rotatable bonds is 2. The van der Waals surface area contributed by atoms with Crippen molar-refractivity contribution in [2.45, 2.75) is 50.7 Å². The van der Waals surface area contributed by atoms with Crippen molar-refractivity contribution in [2.75, 3.05) is 19.6 Å². The normalized spacial score (nSPS) is 29.8. The third-order valence-electron chi connectivity index (χ3n) is 4.82. The molecule has 116 valence electrons. The van der Waals surface area contributed by atoms with E-state index in [4.69, 9.17) is 10.5 Å². The average molecular weight is 292 g/mol. The molecule has 1 aromatic carbocycles. The van der Waals surface area contributed by atoms with Crippen LogP contribution in [0.1, 0.15) is 50.6 Å². The Kier molecular flexibility index (Phi) is 4.18. The number of fused-ring (bicyclic) bond motifs is 1. The van der Waals surface area contributed by atoms with Gasteiger partial charge in [-0.15, -0.1) is 0 Å². The van der Waals surface area contributed by atoms with Crippen LogP contribution >= 0.6 is 0 Å². The van der Waals surface area contributed by atoms with Crippen LogP contribution < -0.4 is 10.5 Å². The average Bonchev–Trinajstić information content (AvgIpc) is 2.64. The van der Waals surface area contributed by atoms with E-state index < -0.39 is 0 Å². The molecule has 0 radical (unpaired) electrons.